The number of carbonyl (C=O) groups excluding carboxylic acids is 1. The number of aryl methyl sites for hydroxylation is 1. The summed E-state index contributed by atoms with van der Waals surface area (Å²) in [5.41, 5.74) is -8.77. The number of carboxylic acid groups (broad SMARTS) is 1. The molecule has 0 saturated carbocycles. The van der Waals surface area contributed by atoms with Crippen molar-refractivity contribution in [3.63, 3.8) is 0 Å². The zero-order valence-electron chi connectivity index (χ0n) is 25.8. The highest BCUT2D eigenvalue weighted by Gasteiger charge is 2.46. The quantitative estimate of drug-likeness (QED) is 0.142. The number of nitrogens with one attached hydrogen (secondary N) is 1. The van der Waals surface area contributed by atoms with Crippen molar-refractivity contribution in [3.05, 3.63) is 135 Å². The van der Waals surface area contributed by atoms with Gasteiger partial charge in [0.2, 0.25) is 0 Å². The first-order chi connectivity index (χ1) is 24.0. The van der Waals surface area contributed by atoms with Crippen LogP contribution in [0.2, 0.25) is 0 Å². The van der Waals surface area contributed by atoms with Gasteiger partial charge in [0.1, 0.15) is 23.2 Å². The molecule has 4 rings (SSSR count). The van der Waals surface area contributed by atoms with E-state index in [0.717, 1.165) is 0 Å². The number of hydrogen-bond acceptors (Lipinski definition) is 3. The number of halogens is 13. The van der Waals surface area contributed by atoms with Crippen molar-refractivity contribution >= 4 is 11.9 Å². The fraction of sp³-hybridized carbons (Fsp3) is 0.235. The molecule has 0 saturated heterocycles. The number of amides is 1. The largest absolute Gasteiger partial charge is 0.481 e. The maximum atomic E-state index is 15.1. The van der Waals surface area contributed by atoms with Gasteiger partial charge in [-0.1, -0.05) is 30.3 Å². The molecule has 0 heterocycles. The van der Waals surface area contributed by atoms with Crippen LogP contribution in [-0.2, 0) is 35.5 Å². The monoisotopic (exact) mass is 755 g/mol. The van der Waals surface area contributed by atoms with Crippen LogP contribution in [0.15, 0.2) is 78.9 Å². The molecule has 0 aliphatic heterocycles. The normalized spacial score (nSPS) is 13.5. The van der Waals surface area contributed by atoms with Gasteiger partial charge in [0.15, 0.2) is 0 Å². The number of benzene rings is 4. The number of hydrogen-bond donors (Lipinski definition) is 2. The van der Waals surface area contributed by atoms with Crippen molar-refractivity contribution < 1.29 is 76.5 Å². The molecule has 0 spiro atoms. The zero-order valence-corrected chi connectivity index (χ0v) is 25.8. The van der Waals surface area contributed by atoms with Crippen LogP contribution >= 0.6 is 0 Å². The summed E-state index contributed by atoms with van der Waals surface area (Å²) in [6.07, 6.45) is -21.7. The van der Waals surface area contributed by atoms with E-state index in [9.17, 15) is 62.3 Å². The van der Waals surface area contributed by atoms with E-state index in [1.165, 1.54) is 24.3 Å². The SMILES string of the molecule is O=C(O)CCc1ccc(C[C@](NC(=O)c2ccc(F)c(C(F)(F)F)c2)(c2cc(F)cc(OC(F)(F)C(F)F)c2)c2ccc(F)c(C(F)(F)F)c2)cc1. The molecule has 1 atom stereocenters. The first-order valence-corrected chi connectivity index (χ1v) is 14.5. The van der Waals surface area contributed by atoms with Crippen molar-refractivity contribution in [2.24, 2.45) is 0 Å². The molecule has 0 unspecified atom stereocenters. The Morgan fingerprint density at radius 2 is 1.25 bits per heavy atom. The first-order valence-electron chi connectivity index (χ1n) is 14.5. The van der Waals surface area contributed by atoms with E-state index in [2.05, 4.69) is 10.1 Å². The van der Waals surface area contributed by atoms with Crippen LogP contribution in [0.5, 0.6) is 5.75 Å². The van der Waals surface area contributed by atoms with Gasteiger partial charge in [0.25, 0.3) is 5.91 Å². The van der Waals surface area contributed by atoms with E-state index in [1.54, 1.807) is 0 Å². The highest BCUT2D eigenvalue weighted by Crippen LogP contribution is 2.41. The molecule has 0 aromatic heterocycles. The van der Waals surface area contributed by atoms with Crippen LogP contribution < -0.4 is 10.1 Å². The predicted octanol–water partition coefficient (Wildman–Crippen LogP) is 9.31. The number of rotatable bonds is 12. The van der Waals surface area contributed by atoms with E-state index in [1.807, 2.05) is 0 Å². The van der Waals surface area contributed by atoms with Crippen molar-refractivity contribution in [3.8, 4) is 5.75 Å². The highest BCUT2D eigenvalue weighted by atomic mass is 19.4. The summed E-state index contributed by atoms with van der Waals surface area (Å²) in [4.78, 5) is 24.7. The fourth-order valence-electron chi connectivity index (χ4n) is 5.17. The number of ether oxygens (including phenoxy) is 1. The van der Waals surface area contributed by atoms with E-state index in [4.69, 9.17) is 5.11 Å². The van der Waals surface area contributed by atoms with Gasteiger partial charge in [-0.25, -0.2) is 13.2 Å². The van der Waals surface area contributed by atoms with Crippen LogP contribution in [0.1, 0.15) is 50.2 Å². The third-order valence-corrected chi connectivity index (χ3v) is 7.62. The lowest BCUT2D eigenvalue weighted by molar-refractivity contribution is -0.253. The van der Waals surface area contributed by atoms with Gasteiger partial charge >= 0.3 is 30.9 Å². The Morgan fingerprint density at radius 1 is 0.692 bits per heavy atom. The lowest BCUT2D eigenvalue weighted by Gasteiger charge is -2.37. The Morgan fingerprint density at radius 3 is 1.81 bits per heavy atom. The van der Waals surface area contributed by atoms with Crippen molar-refractivity contribution in [1.82, 2.24) is 5.32 Å². The Kier molecular flexibility index (Phi) is 11.2. The summed E-state index contributed by atoms with van der Waals surface area (Å²) in [6.45, 7) is 0. The number of aliphatic carboxylic acids is 1. The van der Waals surface area contributed by atoms with Gasteiger partial charge in [-0.15, -0.1) is 0 Å². The van der Waals surface area contributed by atoms with Gasteiger partial charge < -0.3 is 15.2 Å². The van der Waals surface area contributed by atoms with Crippen LogP contribution in [0.4, 0.5) is 57.1 Å². The Labute approximate surface area is 284 Å². The maximum Gasteiger partial charge on any atom is 0.461 e. The van der Waals surface area contributed by atoms with Gasteiger partial charge in [0.05, 0.1) is 16.7 Å². The Balaban J connectivity index is 2.04. The Hall–Kier alpha value is -5.29. The van der Waals surface area contributed by atoms with Crippen molar-refractivity contribution in [1.29, 1.82) is 0 Å². The molecule has 0 fully saturated rings. The van der Waals surface area contributed by atoms with E-state index < -0.39 is 99.7 Å². The summed E-state index contributed by atoms with van der Waals surface area (Å²) < 4.78 is 184. The lowest BCUT2D eigenvalue weighted by atomic mass is 9.76. The minimum Gasteiger partial charge on any atom is -0.481 e. The molecule has 5 nitrogen and oxygen atoms in total. The second-order valence-electron chi connectivity index (χ2n) is 11.3. The second-order valence-corrected chi connectivity index (χ2v) is 11.3. The van der Waals surface area contributed by atoms with Gasteiger partial charge in [-0.05, 0) is 71.1 Å². The first kappa shape index (κ1) is 39.5. The van der Waals surface area contributed by atoms with Gasteiger partial charge in [-0.2, -0.15) is 43.9 Å². The molecule has 52 heavy (non-hydrogen) atoms. The smallest absolute Gasteiger partial charge is 0.461 e. The van der Waals surface area contributed by atoms with Crippen molar-refractivity contribution in [2.45, 2.75) is 49.7 Å². The average Bonchev–Trinajstić information content (AvgIpc) is 3.02. The van der Waals surface area contributed by atoms with Gasteiger partial charge in [0, 0.05) is 24.5 Å². The molecular formula is C34H22F13NO4. The molecule has 2 N–H and O–H groups in total. The third-order valence-electron chi connectivity index (χ3n) is 7.62. The Bertz CT molecular complexity index is 1940. The van der Waals surface area contributed by atoms with E-state index in [0.29, 0.717) is 29.8 Å². The molecule has 0 bridgehead atoms. The molecule has 4 aromatic carbocycles. The van der Waals surface area contributed by atoms with Crippen molar-refractivity contribution in [2.75, 3.05) is 0 Å². The summed E-state index contributed by atoms with van der Waals surface area (Å²) in [5.74, 6) is -9.32. The summed E-state index contributed by atoms with van der Waals surface area (Å²) >= 11 is 0. The second kappa shape index (κ2) is 14.7. The molecule has 278 valence electrons. The highest BCUT2D eigenvalue weighted by molar-refractivity contribution is 5.95. The average molecular weight is 756 g/mol. The van der Waals surface area contributed by atoms with E-state index >= 15 is 4.39 Å². The minimum absolute atomic E-state index is 0.0111. The van der Waals surface area contributed by atoms with Crippen LogP contribution in [0.3, 0.4) is 0 Å². The molecule has 0 aliphatic carbocycles. The topological polar surface area (TPSA) is 75.6 Å². The fourth-order valence-corrected chi connectivity index (χ4v) is 5.17. The third kappa shape index (κ3) is 9.13. The summed E-state index contributed by atoms with van der Waals surface area (Å²) in [6, 6.07) is 8.18. The molecule has 0 aliphatic rings. The van der Waals surface area contributed by atoms with Crippen LogP contribution in [0, 0.1) is 17.5 Å². The minimum atomic E-state index is -5.43. The standard InChI is InChI=1S/C34H22F13NO4/c35-22-12-21(13-23(15-22)52-34(46,47)30(38)39)31(20-7-9-27(37)25(14-20)33(43,44)45,16-18-3-1-17(2-4-18)5-10-28(49)50)48-29(51)19-6-8-26(36)24(11-19)32(40,41)42/h1-4,6-9,11-15,30H,5,10,16H2,(H,48,51)(H,49,50)/t31-/m1/s1. The lowest BCUT2D eigenvalue weighted by Crippen LogP contribution is -2.49. The molecule has 18 heteroatoms. The number of carboxylic acids is 1. The molecule has 4 aromatic rings. The van der Waals surface area contributed by atoms with Crippen LogP contribution in [0.25, 0.3) is 0 Å². The molecule has 1 amide bonds. The molecular weight excluding hydrogens is 733 g/mol. The summed E-state index contributed by atoms with van der Waals surface area (Å²) in [5, 5.41) is 11.1. The van der Waals surface area contributed by atoms with E-state index in [-0.39, 0.29) is 48.7 Å². The zero-order chi connectivity index (χ0) is 38.8. The predicted molar refractivity (Wildman–Crippen MR) is 155 cm³/mol. The number of carbonyl (C=O) groups is 2. The van der Waals surface area contributed by atoms with Crippen LogP contribution in [-0.4, -0.2) is 29.5 Å². The van der Waals surface area contributed by atoms with Gasteiger partial charge in [-0.3, -0.25) is 9.59 Å². The summed E-state index contributed by atoms with van der Waals surface area (Å²) in [7, 11) is 0. The number of alkyl halides is 10. The molecule has 0 radical (unpaired) electrons. The maximum absolute atomic E-state index is 15.1.